The van der Waals surface area contributed by atoms with Crippen molar-refractivity contribution in [3.05, 3.63) is 58.9 Å². The molecule has 4 aromatic rings. The van der Waals surface area contributed by atoms with Crippen molar-refractivity contribution in [2.75, 3.05) is 23.3 Å². The maximum Gasteiger partial charge on any atom is 0.174 e. The van der Waals surface area contributed by atoms with Crippen molar-refractivity contribution < 1.29 is 5.11 Å². The number of fused-ring (bicyclic) bond motifs is 1. The molecule has 1 unspecified atom stereocenters. The number of aromatic nitrogens is 4. The summed E-state index contributed by atoms with van der Waals surface area (Å²) < 4.78 is 0. The van der Waals surface area contributed by atoms with Gasteiger partial charge in [0.2, 0.25) is 0 Å². The van der Waals surface area contributed by atoms with Crippen molar-refractivity contribution in [1.82, 2.24) is 19.9 Å². The van der Waals surface area contributed by atoms with Gasteiger partial charge >= 0.3 is 0 Å². The Bertz CT molecular complexity index is 1390. The summed E-state index contributed by atoms with van der Waals surface area (Å²) in [5.41, 5.74) is 1.96. The molecule has 4 heterocycles. The van der Waals surface area contributed by atoms with Crippen LogP contribution in [0.1, 0.15) is 23.9 Å². The Kier molecular flexibility index (Phi) is 5.43. The van der Waals surface area contributed by atoms with E-state index in [0.29, 0.717) is 17.4 Å². The molecule has 5 rings (SSSR count). The van der Waals surface area contributed by atoms with E-state index in [4.69, 9.17) is 0 Å². The fraction of sp³-hybridized carbons (Fsp3) is 0.250. The van der Waals surface area contributed by atoms with Crippen LogP contribution in [-0.4, -0.2) is 38.1 Å². The van der Waals surface area contributed by atoms with Crippen LogP contribution in [0.15, 0.2) is 48.4 Å². The second-order valence-corrected chi connectivity index (χ2v) is 8.93. The number of thiazole rings is 1. The van der Waals surface area contributed by atoms with Crippen molar-refractivity contribution in [2.45, 2.75) is 18.9 Å². The fourth-order valence-electron chi connectivity index (χ4n) is 3.88. The van der Waals surface area contributed by atoms with Crippen molar-refractivity contribution in [2.24, 2.45) is 5.92 Å². The third-order valence-corrected chi connectivity index (χ3v) is 6.60. The van der Waals surface area contributed by atoms with Crippen LogP contribution in [0.4, 0.5) is 17.2 Å². The van der Waals surface area contributed by atoms with Crippen LogP contribution in [0.25, 0.3) is 11.0 Å². The molecule has 3 N–H and O–H groups in total. The fourth-order valence-corrected chi connectivity index (χ4v) is 4.54. The van der Waals surface area contributed by atoms with Gasteiger partial charge in [-0.3, -0.25) is 0 Å². The maximum absolute atomic E-state index is 10.7. The molecule has 1 aliphatic heterocycles. The van der Waals surface area contributed by atoms with Crippen LogP contribution in [0.3, 0.4) is 0 Å². The maximum atomic E-state index is 10.7. The molecular formula is C24H21N7OS. The van der Waals surface area contributed by atoms with Crippen LogP contribution in [0.2, 0.25) is 0 Å². The quantitative estimate of drug-likeness (QED) is 0.401. The molecule has 1 aliphatic rings. The van der Waals surface area contributed by atoms with Gasteiger partial charge in [0.05, 0.1) is 28.7 Å². The Balaban J connectivity index is 1.52. The molecular weight excluding hydrogens is 434 g/mol. The lowest BCUT2D eigenvalue weighted by molar-refractivity contribution is 0.122. The highest BCUT2D eigenvalue weighted by Gasteiger charge is 2.25. The minimum absolute atomic E-state index is 0.0149. The summed E-state index contributed by atoms with van der Waals surface area (Å²) in [5, 5.41) is 26.7. The summed E-state index contributed by atoms with van der Waals surface area (Å²) in [6.07, 6.45) is 5.83. The number of aromatic amines is 1. The molecule has 0 bridgehead atoms. The smallest absolute Gasteiger partial charge is 0.174 e. The lowest BCUT2D eigenvalue weighted by Crippen LogP contribution is -2.20. The zero-order valence-corrected chi connectivity index (χ0v) is 18.7. The Hall–Kier alpha value is -3.92. The summed E-state index contributed by atoms with van der Waals surface area (Å²) in [4.78, 5) is 18.2. The molecule has 3 aromatic heterocycles. The van der Waals surface area contributed by atoms with Crippen LogP contribution in [0, 0.1) is 29.1 Å². The number of rotatable bonds is 4. The Morgan fingerprint density at radius 3 is 3.00 bits per heavy atom. The van der Waals surface area contributed by atoms with Gasteiger partial charge in [0.25, 0.3) is 0 Å². The van der Waals surface area contributed by atoms with E-state index in [2.05, 4.69) is 48.1 Å². The van der Waals surface area contributed by atoms with Crippen LogP contribution >= 0.6 is 11.3 Å². The predicted molar refractivity (Wildman–Crippen MR) is 128 cm³/mol. The molecule has 164 valence electrons. The van der Waals surface area contributed by atoms with Gasteiger partial charge in [-0.05, 0) is 37.6 Å². The average molecular weight is 456 g/mol. The Morgan fingerprint density at radius 1 is 1.30 bits per heavy atom. The van der Waals surface area contributed by atoms with E-state index in [1.807, 2.05) is 35.8 Å². The number of anilines is 3. The number of nitriles is 1. The lowest BCUT2D eigenvalue weighted by atomic mass is 10.1. The standard InChI is InChI=1S/C24H21N7OS/c1-24(32,23-27-9-11-33-23)7-4-16-2-3-20(31-10-6-17(13-25)14-31)19(12-16)30-22-18-5-8-26-21(18)28-15-29-22/h2-3,5,8-9,11-12,15,17,32H,6,10,14H2,1H3,(H2,26,28,29,30)/t17-,24?/m1/s1. The van der Waals surface area contributed by atoms with Gasteiger partial charge in [0.15, 0.2) is 5.60 Å². The molecule has 1 fully saturated rings. The van der Waals surface area contributed by atoms with Gasteiger partial charge in [-0.2, -0.15) is 5.26 Å². The van der Waals surface area contributed by atoms with Gasteiger partial charge in [-0.15, -0.1) is 11.3 Å². The van der Waals surface area contributed by atoms with Crippen LogP contribution in [0.5, 0.6) is 0 Å². The minimum Gasteiger partial charge on any atom is -0.371 e. The number of benzene rings is 1. The molecule has 1 aromatic carbocycles. The number of hydrogen-bond acceptors (Lipinski definition) is 8. The first-order valence-corrected chi connectivity index (χ1v) is 11.4. The first-order chi connectivity index (χ1) is 16.0. The van der Waals surface area contributed by atoms with Gasteiger partial charge in [-0.1, -0.05) is 11.8 Å². The van der Waals surface area contributed by atoms with E-state index in [9.17, 15) is 10.4 Å². The van der Waals surface area contributed by atoms with E-state index < -0.39 is 5.60 Å². The Morgan fingerprint density at radius 2 is 2.21 bits per heavy atom. The van der Waals surface area contributed by atoms with Crippen molar-refractivity contribution in [3.63, 3.8) is 0 Å². The second kappa shape index (κ2) is 8.55. The minimum atomic E-state index is -1.33. The number of nitrogens with one attached hydrogen (secondary N) is 2. The normalized spacial score (nSPS) is 17.2. The highest BCUT2D eigenvalue weighted by Crippen LogP contribution is 2.34. The van der Waals surface area contributed by atoms with E-state index in [-0.39, 0.29) is 5.92 Å². The van der Waals surface area contributed by atoms with Gasteiger partial charge < -0.3 is 20.3 Å². The van der Waals surface area contributed by atoms with Crippen LogP contribution < -0.4 is 10.2 Å². The number of hydrogen-bond donors (Lipinski definition) is 3. The first kappa shape index (κ1) is 21.0. The molecule has 0 radical (unpaired) electrons. The zero-order chi connectivity index (χ0) is 22.8. The summed E-state index contributed by atoms with van der Waals surface area (Å²) >= 11 is 1.37. The molecule has 2 atom stereocenters. The van der Waals surface area contributed by atoms with Crippen molar-refractivity contribution >= 4 is 39.6 Å². The molecule has 1 saturated heterocycles. The molecule has 33 heavy (non-hydrogen) atoms. The monoisotopic (exact) mass is 455 g/mol. The molecule has 0 aliphatic carbocycles. The molecule has 8 nitrogen and oxygen atoms in total. The molecule has 9 heteroatoms. The third-order valence-electron chi connectivity index (χ3n) is 5.61. The molecule has 0 saturated carbocycles. The Labute approximate surface area is 195 Å². The third kappa shape index (κ3) is 4.24. The van der Waals surface area contributed by atoms with Gasteiger partial charge in [0, 0.05) is 36.4 Å². The van der Waals surface area contributed by atoms with Crippen molar-refractivity contribution in [3.8, 4) is 17.9 Å². The molecule has 0 spiro atoms. The zero-order valence-electron chi connectivity index (χ0n) is 17.9. The highest BCUT2D eigenvalue weighted by atomic mass is 32.1. The summed E-state index contributed by atoms with van der Waals surface area (Å²) in [7, 11) is 0. The summed E-state index contributed by atoms with van der Waals surface area (Å²) in [6.45, 7) is 3.13. The topological polar surface area (TPSA) is 114 Å². The summed E-state index contributed by atoms with van der Waals surface area (Å²) in [6, 6.07) is 10.2. The van der Waals surface area contributed by atoms with E-state index >= 15 is 0 Å². The van der Waals surface area contributed by atoms with Crippen molar-refractivity contribution in [1.29, 1.82) is 5.26 Å². The number of nitrogens with zero attached hydrogens (tertiary/aromatic N) is 5. The van der Waals surface area contributed by atoms with Crippen LogP contribution in [-0.2, 0) is 5.60 Å². The molecule has 0 amide bonds. The SMILES string of the molecule is CC(O)(C#Cc1ccc(N2CC[C@H](C#N)C2)c(Nc2ncnc3[nH]ccc23)c1)c1nccs1. The van der Waals surface area contributed by atoms with E-state index in [1.165, 1.54) is 17.7 Å². The summed E-state index contributed by atoms with van der Waals surface area (Å²) in [5.74, 6) is 6.72. The predicted octanol–water partition coefficient (Wildman–Crippen LogP) is 3.77. The lowest BCUT2D eigenvalue weighted by Gasteiger charge is -2.22. The average Bonchev–Trinajstić information content (AvgIpc) is 3.60. The van der Waals surface area contributed by atoms with Gasteiger partial charge in [0.1, 0.15) is 22.8 Å². The second-order valence-electron chi connectivity index (χ2n) is 8.04. The number of H-pyrrole nitrogens is 1. The van der Waals surface area contributed by atoms with E-state index in [0.717, 1.165) is 40.9 Å². The number of aliphatic hydroxyl groups is 1. The first-order valence-electron chi connectivity index (χ1n) is 10.5. The van der Waals surface area contributed by atoms with Gasteiger partial charge in [-0.25, -0.2) is 15.0 Å². The van der Waals surface area contributed by atoms with E-state index in [1.54, 1.807) is 13.1 Å². The largest absolute Gasteiger partial charge is 0.371 e. The highest BCUT2D eigenvalue weighted by molar-refractivity contribution is 7.09.